The minimum atomic E-state index is -0.558. The molecule has 0 bridgehead atoms. The van der Waals surface area contributed by atoms with E-state index in [2.05, 4.69) is 10.6 Å². The van der Waals surface area contributed by atoms with Gasteiger partial charge in [0.05, 0.1) is 12.5 Å². The van der Waals surface area contributed by atoms with Gasteiger partial charge in [-0.25, -0.2) is 4.39 Å². The number of rotatable bonds is 7. The first-order valence-corrected chi connectivity index (χ1v) is 9.02. The normalized spacial score (nSPS) is 18.5. The summed E-state index contributed by atoms with van der Waals surface area (Å²) < 4.78 is 13.8. The fourth-order valence-corrected chi connectivity index (χ4v) is 2.87. The third-order valence-corrected chi connectivity index (χ3v) is 4.39. The molecule has 2 amide bonds. The largest absolute Gasteiger partial charge is 0.355 e. The van der Waals surface area contributed by atoms with Gasteiger partial charge in [0.25, 0.3) is 0 Å². The van der Waals surface area contributed by atoms with Crippen LogP contribution in [0.1, 0.15) is 12.0 Å². The topological polar surface area (TPSA) is 61.4 Å². The van der Waals surface area contributed by atoms with Crippen LogP contribution in [-0.4, -0.2) is 54.4 Å². The summed E-state index contributed by atoms with van der Waals surface area (Å²) in [5.74, 6) is 0.218. The van der Waals surface area contributed by atoms with E-state index in [4.69, 9.17) is 0 Å². The van der Waals surface area contributed by atoms with Crippen LogP contribution in [0.15, 0.2) is 24.3 Å². The summed E-state index contributed by atoms with van der Waals surface area (Å²) >= 11 is 1.65. The van der Waals surface area contributed by atoms with Crippen LogP contribution in [0.4, 0.5) is 4.39 Å². The van der Waals surface area contributed by atoms with Crippen molar-refractivity contribution in [1.82, 2.24) is 15.5 Å². The zero-order chi connectivity index (χ0) is 16.7. The first kappa shape index (κ1) is 17.7. The molecular weight excluding hydrogens is 317 g/mol. The molecule has 5 nitrogen and oxygen atoms in total. The van der Waals surface area contributed by atoms with Crippen molar-refractivity contribution in [3.63, 3.8) is 0 Å². The van der Waals surface area contributed by atoms with Crippen LogP contribution in [0.5, 0.6) is 0 Å². The van der Waals surface area contributed by atoms with E-state index in [-0.39, 0.29) is 24.1 Å². The SMILES string of the molecule is CSCCNC(=O)CC1C(=O)NCCN1Cc1ccccc1F. The molecule has 0 saturated carbocycles. The van der Waals surface area contributed by atoms with Crippen LogP contribution in [-0.2, 0) is 16.1 Å². The highest BCUT2D eigenvalue weighted by molar-refractivity contribution is 7.98. The van der Waals surface area contributed by atoms with Gasteiger partial charge in [0, 0.05) is 37.5 Å². The van der Waals surface area contributed by atoms with Gasteiger partial charge in [0.2, 0.25) is 11.8 Å². The molecule has 1 atom stereocenters. The molecule has 126 valence electrons. The molecule has 2 rings (SSSR count). The summed E-state index contributed by atoms with van der Waals surface area (Å²) in [6.45, 7) is 2.02. The Labute approximate surface area is 140 Å². The lowest BCUT2D eigenvalue weighted by Crippen LogP contribution is -2.56. The van der Waals surface area contributed by atoms with Gasteiger partial charge in [0.1, 0.15) is 5.82 Å². The van der Waals surface area contributed by atoms with Gasteiger partial charge >= 0.3 is 0 Å². The van der Waals surface area contributed by atoms with E-state index in [1.54, 1.807) is 30.0 Å². The molecule has 1 heterocycles. The fraction of sp³-hybridized carbons (Fsp3) is 0.500. The van der Waals surface area contributed by atoms with Gasteiger partial charge in [-0.15, -0.1) is 0 Å². The van der Waals surface area contributed by atoms with Crippen molar-refractivity contribution in [2.75, 3.05) is 31.6 Å². The lowest BCUT2D eigenvalue weighted by molar-refractivity contribution is -0.134. The van der Waals surface area contributed by atoms with Crippen LogP contribution in [0.2, 0.25) is 0 Å². The van der Waals surface area contributed by atoms with Gasteiger partial charge in [-0.05, 0) is 12.3 Å². The molecule has 0 aliphatic carbocycles. The Morgan fingerprint density at radius 1 is 1.48 bits per heavy atom. The number of halogens is 1. The second-order valence-corrected chi connectivity index (χ2v) is 6.40. The number of piperazine rings is 1. The zero-order valence-corrected chi connectivity index (χ0v) is 14.0. The summed E-state index contributed by atoms with van der Waals surface area (Å²) in [7, 11) is 0. The molecular formula is C16H22FN3O2S. The number of carbonyl (C=O) groups is 2. The molecule has 1 aliphatic heterocycles. The lowest BCUT2D eigenvalue weighted by Gasteiger charge is -2.34. The third kappa shape index (κ3) is 5.21. The smallest absolute Gasteiger partial charge is 0.237 e. The van der Waals surface area contributed by atoms with Crippen LogP contribution in [0.3, 0.4) is 0 Å². The zero-order valence-electron chi connectivity index (χ0n) is 13.2. The number of benzene rings is 1. The Morgan fingerprint density at radius 3 is 3.00 bits per heavy atom. The first-order valence-electron chi connectivity index (χ1n) is 7.62. The monoisotopic (exact) mass is 339 g/mol. The molecule has 7 heteroatoms. The van der Waals surface area contributed by atoms with E-state index in [0.717, 1.165) is 5.75 Å². The van der Waals surface area contributed by atoms with Crippen molar-refractivity contribution in [3.8, 4) is 0 Å². The Kier molecular flexibility index (Phi) is 6.85. The van der Waals surface area contributed by atoms with Gasteiger partial charge in [0.15, 0.2) is 0 Å². The molecule has 1 unspecified atom stereocenters. The highest BCUT2D eigenvalue weighted by Crippen LogP contribution is 2.16. The number of hydrogen-bond donors (Lipinski definition) is 2. The highest BCUT2D eigenvalue weighted by atomic mass is 32.2. The fourth-order valence-electron chi connectivity index (χ4n) is 2.56. The summed E-state index contributed by atoms with van der Waals surface area (Å²) in [5.41, 5.74) is 0.537. The molecule has 23 heavy (non-hydrogen) atoms. The highest BCUT2D eigenvalue weighted by Gasteiger charge is 2.31. The maximum atomic E-state index is 13.8. The number of amides is 2. The van der Waals surface area contributed by atoms with E-state index in [0.29, 0.717) is 31.7 Å². The lowest BCUT2D eigenvalue weighted by atomic mass is 10.1. The van der Waals surface area contributed by atoms with Gasteiger partial charge < -0.3 is 10.6 Å². The molecule has 0 radical (unpaired) electrons. The van der Waals surface area contributed by atoms with Crippen molar-refractivity contribution in [3.05, 3.63) is 35.6 Å². The van der Waals surface area contributed by atoms with E-state index >= 15 is 0 Å². The molecule has 1 fully saturated rings. The maximum absolute atomic E-state index is 13.8. The molecule has 2 N–H and O–H groups in total. The predicted molar refractivity (Wildman–Crippen MR) is 89.6 cm³/mol. The van der Waals surface area contributed by atoms with E-state index in [1.807, 2.05) is 11.2 Å². The van der Waals surface area contributed by atoms with Gasteiger partial charge in [-0.1, -0.05) is 18.2 Å². The van der Waals surface area contributed by atoms with Crippen LogP contribution in [0, 0.1) is 5.82 Å². The number of thioether (sulfide) groups is 1. The molecule has 0 spiro atoms. The second-order valence-electron chi connectivity index (χ2n) is 5.42. The molecule has 1 aromatic rings. The molecule has 1 saturated heterocycles. The second kappa shape index (κ2) is 8.88. The summed E-state index contributed by atoms with van der Waals surface area (Å²) in [4.78, 5) is 26.0. The summed E-state index contributed by atoms with van der Waals surface area (Å²) in [5, 5.41) is 5.58. The molecule has 0 aromatic heterocycles. The average molecular weight is 339 g/mol. The maximum Gasteiger partial charge on any atom is 0.237 e. The summed E-state index contributed by atoms with van der Waals surface area (Å²) in [6.07, 6.45) is 2.06. The van der Waals surface area contributed by atoms with Crippen LogP contribution in [0.25, 0.3) is 0 Å². The third-order valence-electron chi connectivity index (χ3n) is 3.78. The summed E-state index contributed by atoms with van der Waals surface area (Å²) in [6, 6.07) is 5.96. The Balaban J connectivity index is 2.00. The number of nitrogens with one attached hydrogen (secondary N) is 2. The first-order chi connectivity index (χ1) is 11.1. The van der Waals surface area contributed by atoms with Crippen molar-refractivity contribution in [1.29, 1.82) is 0 Å². The number of nitrogens with zero attached hydrogens (tertiary/aromatic N) is 1. The van der Waals surface area contributed by atoms with Crippen molar-refractivity contribution in [2.24, 2.45) is 0 Å². The predicted octanol–water partition coefficient (Wildman–Crippen LogP) is 0.995. The standard InChI is InChI=1S/C16H22FN3O2S/c1-23-9-7-18-15(21)10-14-16(22)19-6-8-20(14)11-12-4-2-3-5-13(12)17/h2-5,14H,6-11H2,1H3,(H,18,21)(H,19,22). The van der Waals surface area contributed by atoms with Gasteiger partial charge in [-0.2, -0.15) is 11.8 Å². The minimum Gasteiger partial charge on any atom is -0.355 e. The Morgan fingerprint density at radius 2 is 2.26 bits per heavy atom. The Hall–Kier alpha value is -1.60. The van der Waals surface area contributed by atoms with Crippen LogP contribution < -0.4 is 10.6 Å². The Bertz CT molecular complexity index is 556. The van der Waals surface area contributed by atoms with E-state index in [9.17, 15) is 14.0 Å². The number of carbonyl (C=O) groups excluding carboxylic acids is 2. The quantitative estimate of drug-likeness (QED) is 0.728. The average Bonchev–Trinajstić information content (AvgIpc) is 2.53. The van der Waals surface area contributed by atoms with Crippen molar-refractivity contribution >= 4 is 23.6 Å². The van der Waals surface area contributed by atoms with Crippen LogP contribution >= 0.6 is 11.8 Å². The van der Waals surface area contributed by atoms with Gasteiger partial charge in [-0.3, -0.25) is 14.5 Å². The van der Waals surface area contributed by atoms with E-state index < -0.39 is 6.04 Å². The minimum absolute atomic E-state index is 0.0919. The van der Waals surface area contributed by atoms with Crippen molar-refractivity contribution in [2.45, 2.75) is 19.0 Å². The molecule has 1 aromatic carbocycles. The van der Waals surface area contributed by atoms with Crippen molar-refractivity contribution < 1.29 is 14.0 Å². The van der Waals surface area contributed by atoms with E-state index in [1.165, 1.54) is 6.07 Å². The molecule has 1 aliphatic rings. The number of hydrogen-bond acceptors (Lipinski definition) is 4.